The van der Waals surface area contributed by atoms with Gasteiger partial charge in [0.1, 0.15) is 0 Å². The number of primary sulfonamides is 1. The lowest BCUT2D eigenvalue weighted by molar-refractivity contribution is 0.168. The number of piperidine rings is 2. The van der Waals surface area contributed by atoms with Crippen LogP contribution in [0.2, 0.25) is 0 Å². The Morgan fingerprint density at radius 2 is 1.79 bits per heavy atom. The van der Waals surface area contributed by atoms with Crippen molar-refractivity contribution in [1.82, 2.24) is 4.90 Å². The Hall–Kier alpha value is -1.41. The van der Waals surface area contributed by atoms with Crippen LogP contribution >= 0.6 is 11.3 Å². The quantitative estimate of drug-likeness (QED) is 0.806. The molecule has 3 heterocycles. The topological polar surface area (TPSA) is 66.6 Å². The molecule has 1 aromatic carbocycles. The normalized spacial score (nSPS) is 22.5. The maximum Gasteiger partial charge on any atom is 0.238 e. The molecule has 0 saturated carbocycles. The van der Waals surface area contributed by atoms with Crippen LogP contribution in [-0.4, -0.2) is 46.0 Å². The first-order chi connectivity index (χ1) is 13.5. The van der Waals surface area contributed by atoms with Crippen LogP contribution < -0.4 is 10.0 Å². The average Bonchev–Trinajstić information content (AvgIpc) is 3.23. The highest BCUT2D eigenvalue weighted by atomic mass is 32.2. The molecule has 2 aliphatic rings. The van der Waals surface area contributed by atoms with Gasteiger partial charge in [0.2, 0.25) is 10.0 Å². The summed E-state index contributed by atoms with van der Waals surface area (Å²) in [4.78, 5) is 6.75. The van der Waals surface area contributed by atoms with Gasteiger partial charge >= 0.3 is 0 Å². The Bertz CT molecular complexity index is 858. The van der Waals surface area contributed by atoms with Gasteiger partial charge in [0.25, 0.3) is 0 Å². The fraction of sp³-hybridized carbons (Fsp3) is 0.524. The van der Waals surface area contributed by atoms with Crippen LogP contribution in [0.5, 0.6) is 0 Å². The molecule has 0 aliphatic carbocycles. The summed E-state index contributed by atoms with van der Waals surface area (Å²) >= 11 is 1.90. The molecule has 28 heavy (non-hydrogen) atoms. The number of anilines is 1. The fourth-order valence-corrected chi connectivity index (χ4v) is 5.93. The van der Waals surface area contributed by atoms with Crippen molar-refractivity contribution >= 4 is 27.0 Å². The third-order valence-corrected chi connectivity index (χ3v) is 8.08. The average molecular weight is 420 g/mol. The van der Waals surface area contributed by atoms with E-state index in [1.807, 2.05) is 23.5 Å². The van der Waals surface area contributed by atoms with Gasteiger partial charge in [0.15, 0.2) is 0 Å². The summed E-state index contributed by atoms with van der Waals surface area (Å²) in [7, 11) is -3.62. The molecule has 2 saturated heterocycles. The summed E-state index contributed by atoms with van der Waals surface area (Å²) in [5, 5.41) is 7.38. The number of likely N-dealkylation sites (tertiary alicyclic amines) is 1. The van der Waals surface area contributed by atoms with Crippen molar-refractivity contribution in [3.05, 3.63) is 46.7 Å². The third kappa shape index (κ3) is 4.76. The van der Waals surface area contributed by atoms with E-state index < -0.39 is 10.0 Å². The highest BCUT2D eigenvalue weighted by molar-refractivity contribution is 7.89. The monoisotopic (exact) mass is 419 g/mol. The van der Waals surface area contributed by atoms with Gasteiger partial charge in [-0.25, -0.2) is 13.6 Å². The van der Waals surface area contributed by atoms with Gasteiger partial charge in [-0.3, -0.25) is 0 Å². The maximum absolute atomic E-state index is 11.4. The fourth-order valence-electron chi connectivity index (χ4n) is 4.56. The van der Waals surface area contributed by atoms with E-state index in [1.54, 1.807) is 17.0 Å². The Morgan fingerprint density at radius 3 is 2.43 bits per heavy atom. The van der Waals surface area contributed by atoms with E-state index in [0.717, 1.165) is 24.7 Å². The van der Waals surface area contributed by atoms with Crippen LogP contribution in [0.1, 0.15) is 36.5 Å². The van der Waals surface area contributed by atoms with Crippen molar-refractivity contribution in [3.63, 3.8) is 0 Å². The first kappa shape index (κ1) is 19.9. The number of sulfonamides is 1. The van der Waals surface area contributed by atoms with E-state index in [4.69, 9.17) is 5.14 Å². The van der Waals surface area contributed by atoms with Gasteiger partial charge in [-0.05, 0) is 73.9 Å². The summed E-state index contributed by atoms with van der Waals surface area (Å²) < 4.78 is 22.8. The number of nitrogens with two attached hydrogens (primary N) is 1. The summed E-state index contributed by atoms with van der Waals surface area (Å²) in [6.07, 6.45) is 5.01. The van der Waals surface area contributed by atoms with Crippen molar-refractivity contribution in [1.29, 1.82) is 0 Å². The Labute approximate surface area is 172 Å². The first-order valence-electron chi connectivity index (χ1n) is 10.1. The molecule has 2 N–H and O–H groups in total. The minimum absolute atomic E-state index is 0.177. The van der Waals surface area contributed by atoms with E-state index in [-0.39, 0.29) is 4.90 Å². The molecule has 0 spiro atoms. The van der Waals surface area contributed by atoms with Crippen molar-refractivity contribution < 1.29 is 8.42 Å². The first-order valence-corrected chi connectivity index (χ1v) is 12.6. The van der Waals surface area contributed by atoms with Crippen molar-refractivity contribution in [2.24, 2.45) is 11.1 Å². The lowest BCUT2D eigenvalue weighted by Crippen LogP contribution is -2.41. The standard InChI is InChI=1S/C21H29N3O2S2/c22-28(25,26)20-7-5-19(6-8-20)24-12-9-17(10-13-24)15-23-11-1-3-18(16-23)21-4-2-14-27-21/h2,4-8,14,17-18H,1,3,9-13,15-16H2,(H2,22,25,26). The summed E-state index contributed by atoms with van der Waals surface area (Å²) in [6, 6.07) is 11.4. The maximum atomic E-state index is 11.4. The van der Waals surface area contributed by atoms with Crippen molar-refractivity contribution in [2.75, 3.05) is 37.6 Å². The molecular formula is C21H29N3O2S2. The van der Waals surface area contributed by atoms with Crippen LogP contribution in [0.3, 0.4) is 0 Å². The highest BCUT2D eigenvalue weighted by Crippen LogP contribution is 2.31. The number of hydrogen-bond donors (Lipinski definition) is 1. The predicted molar refractivity (Wildman–Crippen MR) is 115 cm³/mol. The van der Waals surface area contributed by atoms with Crippen molar-refractivity contribution in [2.45, 2.75) is 36.5 Å². The molecule has 0 bridgehead atoms. The third-order valence-electron chi connectivity index (χ3n) is 6.11. The van der Waals surface area contributed by atoms with Crippen LogP contribution in [0, 0.1) is 5.92 Å². The minimum Gasteiger partial charge on any atom is -0.372 e. The zero-order chi connectivity index (χ0) is 19.6. The smallest absolute Gasteiger partial charge is 0.238 e. The van der Waals surface area contributed by atoms with E-state index in [9.17, 15) is 8.42 Å². The molecular weight excluding hydrogens is 390 g/mol. The summed E-state index contributed by atoms with van der Waals surface area (Å²) in [5.41, 5.74) is 1.08. The van der Waals surface area contributed by atoms with Gasteiger partial charge < -0.3 is 9.80 Å². The molecule has 152 valence electrons. The van der Waals surface area contributed by atoms with Gasteiger partial charge in [-0.15, -0.1) is 11.3 Å². The van der Waals surface area contributed by atoms with E-state index >= 15 is 0 Å². The molecule has 2 aliphatic heterocycles. The molecule has 2 fully saturated rings. The number of rotatable bonds is 5. The van der Waals surface area contributed by atoms with Gasteiger partial charge in [-0.1, -0.05) is 6.07 Å². The predicted octanol–water partition coefficient (Wildman–Crippen LogP) is 3.49. The van der Waals surface area contributed by atoms with E-state index in [2.05, 4.69) is 27.3 Å². The molecule has 1 unspecified atom stereocenters. The molecule has 2 aromatic rings. The zero-order valence-electron chi connectivity index (χ0n) is 16.2. The van der Waals surface area contributed by atoms with Gasteiger partial charge in [0.05, 0.1) is 4.90 Å². The number of nitrogens with zero attached hydrogens (tertiary/aromatic N) is 2. The highest BCUT2D eigenvalue weighted by Gasteiger charge is 2.26. The second kappa shape index (κ2) is 8.53. The lowest BCUT2D eigenvalue weighted by Gasteiger charge is -2.38. The largest absolute Gasteiger partial charge is 0.372 e. The summed E-state index contributed by atoms with van der Waals surface area (Å²) in [6.45, 7) is 5.70. The molecule has 5 nitrogen and oxygen atoms in total. The molecule has 7 heteroatoms. The lowest BCUT2D eigenvalue weighted by atomic mass is 9.92. The Balaban J connectivity index is 1.28. The SMILES string of the molecule is NS(=O)(=O)c1ccc(N2CCC(CN3CCCC(c4cccs4)C3)CC2)cc1. The second-order valence-corrected chi connectivity index (χ2v) is 10.6. The molecule has 0 radical (unpaired) electrons. The van der Waals surface area contributed by atoms with Crippen LogP contribution in [0.4, 0.5) is 5.69 Å². The minimum atomic E-state index is -3.62. The number of thiophene rings is 1. The molecule has 0 amide bonds. The van der Waals surface area contributed by atoms with Crippen molar-refractivity contribution in [3.8, 4) is 0 Å². The molecule has 1 atom stereocenters. The van der Waals surface area contributed by atoms with Crippen LogP contribution in [0.15, 0.2) is 46.7 Å². The summed E-state index contributed by atoms with van der Waals surface area (Å²) in [5.74, 6) is 1.47. The van der Waals surface area contributed by atoms with E-state index in [0.29, 0.717) is 5.92 Å². The molecule has 1 aromatic heterocycles. The van der Waals surface area contributed by atoms with Crippen LogP contribution in [0.25, 0.3) is 0 Å². The van der Waals surface area contributed by atoms with Gasteiger partial charge in [0, 0.05) is 42.7 Å². The van der Waals surface area contributed by atoms with Gasteiger partial charge in [-0.2, -0.15) is 0 Å². The number of hydrogen-bond acceptors (Lipinski definition) is 5. The Kier molecular flexibility index (Phi) is 6.06. The molecule has 4 rings (SSSR count). The number of benzene rings is 1. The second-order valence-electron chi connectivity index (χ2n) is 8.08. The van der Waals surface area contributed by atoms with E-state index in [1.165, 1.54) is 45.3 Å². The zero-order valence-corrected chi connectivity index (χ0v) is 17.8. The van der Waals surface area contributed by atoms with Crippen LogP contribution in [-0.2, 0) is 10.0 Å². The Morgan fingerprint density at radius 1 is 1.04 bits per heavy atom.